The molecule has 1 rings (SSSR count). The molecule has 0 aliphatic rings. The predicted octanol–water partition coefficient (Wildman–Crippen LogP) is 1.95. The Balaban J connectivity index is 3.09. The van der Waals surface area contributed by atoms with Crippen LogP contribution in [0.2, 0.25) is 0 Å². The molecule has 0 bridgehead atoms. The van der Waals surface area contributed by atoms with E-state index in [0.717, 1.165) is 6.20 Å². The second-order valence-corrected chi connectivity index (χ2v) is 3.42. The summed E-state index contributed by atoms with van der Waals surface area (Å²) in [6, 6.07) is 1.29. The molecule has 0 atom stereocenters. The first-order chi connectivity index (χ1) is 7.05. The number of ketones is 1. The molecule has 3 nitrogen and oxygen atoms in total. The highest BCUT2D eigenvalue weighted by Gasteiger charge is 2.34. The average Bonchev–Trinajstić information content (AvgIpc) is 2.28. The molecule has 1 aromatic rings. The van der Waals surface area contributed by atoms with Crippen LogP contribution >= 0.6 is 0 Å². The second-order valence-electron chi connectivity index (χ2n) is 3.42. The Morgan fingerprint density at radius 1 is 1.53 bits per heavy atom. The van der Waals surface area contributed by atoms with Crippen molar-refractivity contribution < 1.29 is 14.3 Å². The highest BCUT2D eigenvalue weighted by molar-refractivity contribution is 6.02. The lowest BCUT2D eigenvalue weighted by molar-refractivity contribution is 0.0273. The van der Waals surface area contributed by atoms with Gasteiger partial charge in [-0.15, -0.1) is 0 Å². The lowest BCUT2D eigenvalue weighted by atomic mass is 9.88. The summed E-state index contributed by atoms with van der Waals surface area (Å²) in [5.41, 5.74) is -1.57. The maximum Gasteiger partial charge on any atom is 0.197 e. The number of aromatic nitrogens is 1. The number of carbonyl (C=O) groups is 1. The number of Topliss-reactive ketones (excluding diaryl/α,β-unsaturated/α-hetero) is 1. The van der Waals surface area contributed by atoms with Crippen molar-refractivity contribution >= 4 is 5.78 Å². The number of hydrogen-bond acceptors (Lipinski definition) is 3. The van der Waals surface area contributed by atoms with Crippen molar-refractivity contribution in [1.82, 2.24) is 4.98 Å². The molecule has 0 aromatic carbocycles. The van der Waals surface area contributed by atoms with Gasteiger partial charge in [0.05, 0.1) is 11.8 Å². The van der Waals surface area contributed by atoms with E-state index in [1.807, 2.05) is 0 Å². The number of carbonyl (C=O) groups excluding carboxylic acids is 1. The standard InChI is InChI=1S/C11H14FNO2/c1-3-11(15,4-2)10(14)8-5-6-13-7-9(8)12/h5-7,15H,3-4H2,1-2H3. The van der Waals surface area contributed by atoms with Gasteiger partial charge in [0.25, 0.3) is 0 Å². The minimum atomic E-state index is -1.47. The summed E-state index contributed by atoms with van der Waals surface area (Å²) in [6.45, 7) is 3.39. The quantitative estimate of drug-likeness (QED) is 0.774. The number of aliphatic hydroxyl groups is 1. The van der Waals surface area contributed by atoms with Crippen molar-refractivity contribution in [2.45, 2.75) is 32.3 Å². The van der Waals surface area contributed by atoms with Crippen molar-refractivity contribution in [2.75, 3.05) is 0 Å². The molecular weight excluding hydrogens is 197 g/mol. The van der Waals surface area contributed by atoms with E-state index >= 15 is 0 Å². The molecule has 0 spiro atoms. The Kier molecular flexibility index (Phi) is 3.52. The molecule has 0 fully saturated rings. The van der Waals surface area contributed by atoms with E-state index in [2.05, 4.69) is 4.98 Å². The van der Waals surface area contributed by atoms with Crippen LogP contribution in [0.25, 0.3) is 0 Å². The summed E-state index contributed by atoms with van der Waals surface area (Å²) >= 11 is 0. The molecule has 82 valence electrons. The zero-order valence-corrected chi connectivity index (χ0v) is 8.83. The van der Waals surface area contributed by atoms with Crippen molar-refractivity contribution in [3.8, 4) is 0 Å². The lowest BCUT2D eigenvalue weighted by Gasteiger charge is -2.23. The third-order valence-corrected chi connectivity index (χ3v) is 2.61. The molecule has 1 aromatic heterocycles. The Morgan fingerprint density at radius 3 is 2.60 bits per heavy atom. The van der Waals surface area contributed by atoms with Crippen LogP contribution in [-0.2, 0) is 0 Å². The van der Waals surface area contributed by atoms with E-state index < -0.39 is 17.2 Å². The number of hydrogen-bond donors (Lipinski definition) is 1. The normalized spacial score (nSPS) is 11.5. The van der Waals surface area contributed by atoms with E-state index in [-0.39, 0.29) is 18.4 Å². The Hall–Kier alpha value is -1.29. The number of rotatable bonds is 4. The fraction of sp³-hybridized carbons (Fsp3) is 0.455. The number of halogens is 1. The summed E-state index contributed by atoms with van der Waals surface area (Å²) in [4.78, 5) is 15.4. The van der Waals surface area contributed by atoms with E-state index in [1.54, 1.807) is 13.8 Å². The van der Waals surface area contributed by atoms with Gasteiger partial charge in [0.2, 0.25) is 0 Å². The Labute approximate surface area is 88.0 Å². The molecule has 0 amide bonds. The lowest BCUT2D eigenvalue weighted by Crippen LogP contribution is -2.37. The van der Waals surface area contributed by atoms with Crippen LogP contribution in [0.3, 0.4) is 0 Å². The topological polar surface area (TPSA) is 50.2 Å². The first-order valence-corrected chi connectivity index (χ1v) is 4.92. The molecule has 1 N–H and O–H groups in total. The summed E-state index contributed by atoms with van der Waals surface area (Å²) in [7, 11) is 0. The van der Waals surface area contributed by atoms with Gasteiger partial charge in [-0.05, 0) is 18.9 Å². The van der Waals surface area contributed by atoms with Crippen LogP contribution in [0.1, 0.15) is 37.0 Å². The summed E-state index contributed by atoms with van der Waals surface area (Å²) in [6.07, 6.45) is 2.84. The fourth-order valence-corrected chi connectivity index (χ4v) is 1.38. The largest absolute Gasteiger partial charge is 0.382 e. The minimum Gasteiger partial charge on any atom is -0.382 e. The molecule has 0 aliphatic carbocycles. The van der Waals surface area contributed by atoms with Crippen LogP contribution in [0.4, 0.5) is 4.39 Å². The number of nitrogens with zero attached hydrogens (tertiary/aromatic N) is 1. The van der Waals surface area contributed by atoms with E-state index in [9.17, 15) is 14.3 Å². The van der Waals surface area contributed by atoms with Gasteiger partial charge in [-0.3, -0.25) is 9.78 Å². The first-order valence-electron chi connectivity index (χ1n) is 4.92. The molecule has 0 unspecified atom stereocenters. The smallest absolute Gasteiger partial charge is 0.197 e. The van der Waals surface area contributed by atoms with Gasteiger partial charge in [-0.25, -0.2) is 4.39 Å². The van der Waals surface area contributed by atoms with Gasteiger partial charge in [-0.2, -0.15) is 0 Å². The first kappa shape index (κ1) is 11.8. The molecule has 0 radical (unpaired) electrons. The van der Waals surface area contributed by atoms with Crippen molar-refractivity contribution in [3.63, 3.8) is 0 Å². The zero-order chi connectivity index (χ0) is 11.5. The average molecular weight is 211 g/mol. The molecule has 0 saturated heterocycles. The highest BCUT2D eigenvalue weighted by Crippen LogP contribution is 2.22. The summed E-state index contributed by atoms with van der Waals surface area (Å²) in [5.74, 6) is -1.27. The van der Waals surface area contributed by atoms with Crippen LogP contribution < -0.4 is 0 Å². The van der Waals surface area contributed by atoms with Gasteiger partial charge < -0.3 is 5.11 Å². The molecule has 0 aliphatic heterocycles. The molecule has 4 heteroatoms. The third kappa shape index (κ3) is 2.21. The zero-order valence-electron chi connectivity index (χ0n) is 8.83. The van der Waals surface area contributed by atoms with Gasteiger partial charge in [0.1, 0.15) is 5.60 Å². The van der Waals surface area contributed by atoms with Crippen molar-refractivity contribution in [1.29, 1.82) is 0 Å². The van der Waals surface area contributed by atoms with Gasteiger partial charge in [0.15, 0.2) is 11.6 Å². The van der Waals surface area contributed by atoms with E-state index in [1.165, 1.54) is 12.3 Å². The summed E-state index contributed by atoms with van der Waals surface area (Å²) < 4.78 is 13.2. The van der Waals surface area contributed by atoms with Crippen LogP contribution in [0, 0.1) is 5.82 Å². The Bertz CT molecular complexity index is 361. The maximum atomic E-state index is 13.2. The number of pyridine rings is 1. The van der Waals surface area contributed by atoms with Crippen LogP contribution in [0.15, 0.2) is 18.5 Å². The van der Waals surface area contributed by atoms with Crippen LogP contribution in [0.5, 0.6) is 0 Å². The van der Waals surface area contributed by atoms with Crippen molar-refractivity contribution in [3.05, 3.63) is 29.8 Å². The van der Waals surface area contributed by atoms with Gasteiger partial charge in [0, 0.05) is 6.20 Å². The highest BCUT2D eigenvalue weighted by atomic mass is 19.1. The SMILES string of the molecule is CCC(O)(CC)C(=O)c1ccncc1F. The van der Waals surface area contributed by atoms with Crippen LogP contribution in [-0.4, -0.2) is 21.5 Å². The molecular formula is C11H14FNO2. The van der Waals surface area contributed by atoms with E-state index in [0.29, 0.717) is 0 Å². The van der Waals surface area contributed by atoms with Crippen molar-refractivity contribution in [2.24, 2.45) is 0 Å². The van der Waals surface area contributed by atoms with Gasteiger partial charge >= 0.3 is 0 Å². The minimum absolute atomic E-state index is 0.101. The second kappa shape index (κ2) is 4.49. The third-order valence-electron chi connectivity index (χ3n) is 2.61. The molecule has 0 saturated carbocycles. The Morgan fingerprint density at radius 2 is 2.13 bits per heavy atom. The summed E-state index contributed by atoms with van der Waals surface area (Å²) in [5, 5.41) is 9.94. The predicted molar refractivity (Wildman–Crippen MR) is 54.1 cm³/mol. The van der Waals surface area contributed by atoms with E-state index in [4.69, 9.17) is 0 Å². The molecule has 15 heavy (non-hydrogen) atoms. The molecule has 1 heterocycles. The fourth-order valence-electron chi connectivity index (χ4n) is 1.38. The maximum absolute atomic E-state index is 13.2. The van der Waals surface area contributed by atoms with Gasteiger partial charge in [-0.1, -0.05) is 13.8 Å². The monoisotopic (exact) mass is 211 g/mol.